The first-order valence-electron chi connectivity index (χ1n) is 4.96. The minimum absolute atomic E-state index is 0.0273. The van der Waals surface area contributed by atoms with E-state index in [1.807, 2.05) is 42.4 Å². The average molecular weight is 235 g/mol. The molecule has 2 heterocycles. The molecule has 5 heteroatoms. The fourth-order valence-corrected chi connectivity index (χ4v) is 2.13. The molecule has 1 amide bonds. The van der Waals surface area contributed by atoms with Crippen molar-refractivity contribution in [2.75, 3.05) is 5.32 Å². The van der Waals surface area contributed by atoms with E-state index in [4.69, 9.17) is 0 Å². The predicted octanol–water partition coefficient (Wildman–Crippen LogP) is 1.97. The number of carbonyl (C=O) groups excluding carboxylic acids is 1. The van der Waals surface area contributed by atoms with Crippen LogP contribution in [-0.4, -0.2) is 15.5 Å². The normalized spacial score (nSPS) is 10.4. The van der Waals surface area contributed by atoms with E-state index >= 15 is 0 Å². The summed E-state index contributed by atoms with van der Waals surface area (Å²) < 4.78 is 1.93. The lowest BCUT2D eigenvalue weighted by molar-refractivity contribution is -0.115. The topological polar surface area (TPSA) is 46.9 Å². The molecule has 0 fully saturated rings. The zero-order valence-electron chi connectivity index (χ0n) is 9.23. The Bertz CT molecular complexity index is 457. The van der Waals surface area contributed by atoms with Gasteiger partial charge in [-0.1, -0.05) is 0 Å². The van der Waals surface area contributed by atoms with Crippen molar-refractivity contribution < 1.29 is 4.79 Å². The number of anilines is 1. The van der Waals surface area contributed by atoms with Crippen molar-refractivity contribution in [1.82, 2.24) is 9.55 Å². The van der Waals surface area contributed by atoms with Crippen molar-refractivity contribution in [2.24, 2.45) is 7.05 Å². The largest absolute Gasteiger partial charge is 0.357 e. The van der Waals surface area contributed by atoms with Gasteiger partial charge in [-0.3, -0.25) is 4.79 Å². The summed E-state index contributed by atoms with van der Waals surface area (Å²) >= 11 is 1.45. The van der Waals surface area contributed by atoms with Gasteiger partial charge in [-0.15, -0.1) is 11.3 Å². The van der Waals surface area contributed by atoms with Crippen LogP contribution in [0.15, 0.2) is 23.8 Å². The van der Waals surface area contributed by atoms with Crippen molar-refractivity contribution in [2.45, 2.75) is 13.3 Å². The van der Waals surface area contributed by atoms with Gasteiger partial charge < -0.3 is 9.88 Å². The third kappa shape index (κ3) is 2.70. The summed E-state index contributed by atoms with van der Waals surface area (Å²) in [4.78, 5) is 15.8. The van der Waals surface area contributed by atoms with Gasteiger partial charge in [0.25, 0.3) is 0 Å². The first kappa shape index (κ1) is 10.9. The Morgan fingerprint density at radius 3 is 3.00 bits per heavy atom. The van der Waals surface area contributed by atoms with Crippen LogP contribution >= 0.6 is 11.3 Å². The van der Waals surface area contributed by atoms with E-state index in [2.05, 4.69) is 10.3 Å². The third-order valence-corrected chi connectivity index (χ3v) is 3.00. The molecular weight excluding hydrogens is 222 g/mol. The standard InChI is InChI=1S/C11H13N3OS/c1-8-7-16-11(12-8)13-10(15)5-9-3-4-14(2)6-9/h3-4,6-7H,5H2,1-2H3,(H,12,13,15). The molecular formula is C11H13N3OS. The monoisotopic (exact) mass is 235 g/mol. The lowest BCUT2D eigenvalue weighted by atomic mass is 10.2. The highest BCUT2D eigenvalue weighted by Crippen LogP contribution is 2.14. The minimum Gasteiger partial charge on any atom is -0.357 e. The Morgan fingerprint density at radius 1 is 1.62 bits per heavy atom. The number of aryl methyl sites for hydroxylation is 2. The smallest absolute Gasteiger partial charge is 0.230 e. The van der Waals surface area contributed by atoms with E-state index in [9.17, 15) is 4.79 Å². The molecule has 0 atom stereocenters. The predicted molar refractivity (Wildman–Crippen MR) is 64.6 cm³/mol. The molecule has 2 aromatic rings. The van der Waals surface area contributed by atoms with Gasteiger partial charge in [0.15, 0.2) is 5.13 Å². The molecule has 0 spiro atoms. The van der Waals surface area contributed by atoms with Crippen LogP contribution in [0.1, 0.15) is 11.3 Å². The number of rotatable bonds is 3. The van der Waals surface area contributed by atoms with Crippen LogP contribution in [0.2, 0.25) is 0 Å². The van der Waals surface area contributed by atoms with Gasteiger partial charge in [-0.25, -0.2) is 4.98 Å². The van der Waals surface area contributed by atoms with E-state index in [1.165, 1.54) is 11.3 Å². The van der Waals surface area contributed by atoms with Crippen LogP contribution in [-0.2, 0) is 18.3 Å². The molecule has 16 heavy (non-hydrogen) atoms. The zero-order valence-corrected chi connectivity index (χ0v) is 10.0. The zero-order chi connectivity index (χ0) is 11.5. The van der Waals surface area contributed by atoms with Gasteiger partial charge >= 0.3 is 0 Å². The highest BCUT2D eigenvalue weighted by Gasteiger charge is 2.06. The fourth-order valence-electron chi connectivity index (χ4n) is 1.43. The summed E-state index contributed by atoms with van der Waals surface area (Å²) in [5.41, 5.74) is 1.94. The maximum atomic E-state index is 11.6. The molecule has 0 aliphatic heterocycles. The summed E-state index contributed by atoms with van der Waals surface area (Å²) in [7, 11) is 1.94. The Labute approximate surface area is 97.9 Å². The Kier molecular flexibility index (Phi) is 3.05. The van der Waals surface area contributed by atoms with E-state index in [1.54, 1.807) is 0 Å². The van der Waals surface area contributed by atoms with Crippen molar-refractivity contribution in [3.63, 3.8) is 0 Å². The molecule has 1 N–H and O–H groups in total. The van der Waals surface area contributed by atoms with E-state index < -0.39 is 0 Å². The molecule has 2 aromatic heterocycles. The van der Waals surface area contributed by atoms with Crippen molar-refractivity contribution in [3.05, 3.63) is 35.1 Å². The minimum atomic E-state index is -0.0273. The Balaban J connectivity index is 1.94. The van der Waals surface area contributed by atoms with Crippen molar-refractivity contribution in [3.8, 4) is 0 Å². The number of hydrogen-bond acceptors (Lipinski definition) is 3. The molecule has 0 unspecified atom stereocenters. The summed E-state index contributed by atoms with van der Waals surface area (Å²) in [6.45, 7) is 1.91. The van der Waals surface area contributed by atoms with E-state index in [-0.39, 0.29) is 5.91 Å². The van der Waals surface area contributed by atoms with Crippen molar-refractivity contribution in [1.29, 1.82) is 0 Å². The van der Waals surface area contributed by atoms with E-state index in [0.717, 1.165) is 11.3 Å². The molecule has 84 valence electrons. The van der Waals surface area contributed by atoms with Crippen LogP contribution < -0.4 is 5.32 Å². The van der Waals surface area contributed by atoms with E-state index in [0.29, 0.717) is 11.6 Å². The molecule has 2 rings (SSSR count). The highest BCUT2D eigenvalue weighted by atomic mass is 32.1. The first-order chi connectivity index (χ1) is 7.63. The molecule has 0 saturated heterocycles. The molecule has 0 aliphatic rings. The van der Waals surface area contributed by atoms with Crippen LogP contribution in [0.5, 0.6) is 0 Å². The Morgan fingerprint density at radius 2 is 2.44 bits per heavy atom. The molecule has 4 nitrogen and oxygen atoms in total. The fraction of sp³-hybridized carbons (Fsp3) is 0.273. The quantitative estimate of drug-likeness (QED) is 0.884. The number of nitrogens with zero attached hydrogens (tertiary/aromatic N) is 2. The second kappa shape index (κ2) is 4.49. The van der Waals surface area contributed by atoms with Crippen LogP contribution in [0, 0.1) is 6.92 Å². The summed E-state index contributed by atoms with van der Waals surface area (Å²) in [5.74, 6) is -0.0273. The van der Waals surface area contributed by atoms with Crippen LogP contribution in [0.3, 0.4) is 0 Å². The summed E-state index contributed by atoms with van der Waals surface area (Å²) in [5, 5.41) is 5.36. The number of amides is 1. The van der Waals surface area contributed by atoms with Crippen LogP contribution in [0.25, 0.3) is 0 Å². The van der Waals surface area contributed by atoms with Gasteiger partial charge in [0.05, 0.1) is 12.1 Å². The summed E-state index contributed by atoms with van der Waals surface area (Å²) in [6, 6.07) is 1.94. The number of thiazole rings is 1. The molecule has 0 aromatic carbocycles. The van der Waals surface area contributed by atoms with Gasteiger partial charge in [0, 0.05) is 24.8 Å². The highest BCUT2D eigenvalue weighted by molar-refractivity contribution is 7.13. The molecule has 0 aliphatic carbocycles. The van der Waals surface area contributed by atoms with Gasteiger partial charge in [-0.2, -0.15) is 0 Å². The van der Waals surface area contributed by atoms with Crippen LogP contribution in [0.4, 0.5) is 5.13 Å². The lowest BCUT2D eigenvalue weighted by Gasteiger charge is -1.99. The first-order valence-corrected chi connectivity index (χ1v) is 5.84. The number of carbonyl (C=O) groups is 1. The van der Waals surface area contributed by atoms with Gasteiger partial charge in [-0.05, 0) is 18.6 Å². The number of aromatic nitrogens is 2. The second-order valence-electron chi connectivity index (χ2n) is 3.70. The van der Waals surface area contributed by atoms with Gasteiger partial charge in [0.2, 0.25) is 5.91 Å². The maximum Gasteiger partial charge on any atom is 0.230 e. The molecule has 0 radical (unpaired) electrons. The second-order valence-corrected chi connectivity index (χ2v) is 4.56. The maximum absolute atomic E-state index is 11.6. The Hall–Kier alpha value is -1.62. The van der Waals surface area contributed by atoms with Crippen molar-refractivity contribution >= 4 is 22.4 Å². The molecule has 0 saturated carbocycles. The number of nitrogens with one attached hydrogen (secondary N) is 1. The number of hydrogen-bond donors (Lipinski definition) is 1. The SMILES string of the molecule is Cc1csc(NC(=O)Cc2ccn(C)c2)n1. The lowest BCUT2D eigenvalue weighted by Crippen LogP contribution is -2.13. The average Bonchev–Trinajstić information content (AvgIpc) is 2.76. The van der Waals surface area contributed by atoms with Gasteiger partial charge in [0.1, 0.15) is 0 Å². The molecule has 0 bridgehead atoms. The third-order valence-electron chi connectivity index (χ3n) is 2.12. The summed E-state index contributed by atoms with van der Waals surface area (Å²) in [6.07, 6.45) is 4.25.